The largest absolute Gasteiger partial charge is 0.493 e. The maximum atomic E-state index is 11.5. The van der Waals surface area contributed by atoms with E-state index >= 15 is 0 Å². The third kappa shape index (κ3) is 3.06. The van der Waals surface area contributed by atoms with Crippen molar-refractivity contribution < 1.29 is 19.0 Å². The second-order valence-electron chi connectivity index (χ2n) is 4.13. The monoisotopic (exact) mass is 273 g/mol. The van der Waals surface area contributed by atoms with Gasteiger partial charge in [0.1, 0.15) is 0 Å². The number of benzene rings is 1. The Hall–Kier alpha value is -2.56. The minimum absolute atomic E-state index is 0.301. The topological polar surface area (TPSA) is 57.7 Å². The van der Waals surface area contributed by atoms with Crippen LogP contribution in [0.25, 0.3) is 0 Å². The summed E-state index contributed by atoms with van der Waals surface area (Å²) in [7, 11) is 2.90. The van der Waals surface area contributed by atoms with E-state index in [0.717, 1.165) is 5.56 Å². The van der Waals surface area contributed by atoms with Crippen LogP contribution in [-0.2, 0) is 4.74 Å². The van der Waals surface area contributed by atoms with Gasteiger partial charge in [0.2, 0.25) is 5.88 Å². The van der Waals surface area contributed by atoms with Crippen LogP contribution >= 0.6 is 0 Å². The molecule has 1 aromatic carbocycles. The van der Waals surface area contributed by atoms with Crippen molar-refractivity contribution >= 4 is 5.97 Å². The lowest BCUT2D eigenvalue weighted by atomic mass is 10.2. The van der Waals surface area contributed by atoms with Crippen molar-refractivity contribution in [3.63, 3.8) is 0 Å². The molecule has 0 N–H and O–H groups in total. The zero-order valence-corrected chi connectivity index (χ0v) is 11.5. The van der Waals surface area contributed by atoms with E-state index in [1.807, 2.05) is 19.1 Å². The molecule has 0 fully saturated rings. The van der Waals surface area contributed by atoms with Crippen LogP contribution in [0.15, 0.2) is 36.5 Å². The Labute approximate surface area is 117 Å². The molecule has 20 heavy (non-hydrogen) atoms. The molecule has 0 aliphatic heterocycles. The Bertz CT molecular complexity index is 625. The van der Waals surface area contributed by atoms with Gasteiger partial charge in [-0.3, -0.25) is 0 Å². The number of ether oxygens (including phenoxy) is 3. The molecule has 0 bridgehead atoms. The highest BCUT2D eigenvalue weighted by atomic mass is 16.5. The lowest BCUT2D eigenvalue weighted by molar-refractivity contribution is 0.0600. The average Bonchev–Trinajstić information content (AvgIpc) is 2.48. The smallest absolute Gasteiger partial charge is 0.338 e. The first-order valence-electron chi connectivity index (χ1n) is 6.01. The van der Waals surface area contributed by atoms with Gasteiger partial charge >= 0.3 is 5.97 Å². The van der Waals surface area contributed by atoms with Gasteiger partial charge in [0.05, 0.1) is 19.8 Å². The quantitative estimate of drug-likeness (QED) is 0.801. The summed E-state index contributed by atoms with van der Waals surface area (Å²) in [6, 6.07) is 8.64. The van der Waals surface area contributed by atoms with Gasteiger partial charge in [0.25, 0.3) is 0 Å². The normalized spacial score (nSPS) is 9.95. The van der Waals surface area contributed by atoms with Crippen molar-refractivity contribution in [3.05, 3.63) is 47.7 Å². The standard InChI is InChI=1S/C15H15NO4/c1-10-4-5-12(13(8-10)18-2)20-14-9-11(6-7-16-14)15(17)19-3/h4-9H,1-3H3. The minimum Gasteiger partial charge on any atom is -0.493 e. The van der Waals surface area contributed by atoms with Gasteiger partial charge in [0, 0.05) is 12.3 Å². The number of hydrogen-bond donors (Lipinski definition) is 0. The highest BCUT2D eigenvalue weighted by Crippen LogP contribution is 2.31. The zero-order valence-electron chi connectivity index (χ0n) is 11.5. The second kappa shape index (κ2) is 6.06. The molecular formula is C15H15NO4. The van der Waals surface area contributed by atoms with Crippen LogP contribution in [0, 0.1) is 6.92 Å². The summed E-state index contributed by atoms with van der Waals surface area (Å²) in [5, 5.41) is 0. The van der Waals surface area contributed by atoms with Gasteiger partial charge in [-0.05, 0) is 30.7 Å². The van der Waals surface area contributed by atoms with Crippen LogP contribution in [0.5, 0.6) is 17.4 Å². The number of carbonyl (C=O) groups excluding carboxylic acids is 1. The van der Waals surface area contributed by atoms with Crippen molar-refractivity contribution in [2.24, 2.45) is 0 Å². The van der Waals surface area contributed by atoms with Gasteiger partial charge in [0.15, 0.2) is 11.5 Å². The van der Waals surface area contributed by atoms with E-state index in [0.29, 0.717) is 22.9 Å². The van der Waals surface area contributed by atoms with Gasteiger partial charge in [-0.2, -0.15) is 0 Å². The van der Waals surface area contributed by atoms with Gasteiger partial charge in [-0.25, -0.2) is 9.78 Å². The number of pyridine rings is 1. The summed E-state index contributed by atoms with van der Waals surface area (Å²) >= 11 is 0. The van der Waals surface area contributed by atoms with Crippen LogP contribution in [0.4, 0.5) is 0 Å². The highest BCUT2D eigenvalue weighted by Gasteiger charge is 2.10. The van der Waals surface area contributed by atoms with E-state index in [1.54, 1.807) is 19.2 Å². The van der Waals surface area contributed by atoms with Crippen LogP contribution in [0.3, 0.4) is 0 Å². The number of rotatable bonds is 4. The van der Waals surface area contributed by atoms with Crippen LogP contribution in [-0.4, -0.2) is 25.2 Å². The molecule has 0 saturated heterocycles. The number of aryl methyl sites for hydroxylation is 1. The van der Waals surface area contributed by atoms with E-state index in [9.17, 15) is 4.79 Å². The zero-order chi connectivity index (χ0) is 14.5. The summed E-state index contributed by atoms with van der Waals surface area (Å²) in [4.78, 5) is 15.5. The molecule has 0 saturated carbocycles. The number of aromatic nitrogens is 1. The van der Waals surface area contributed by atoms with Crippen molar-refractivity contribution in [2.45, 2.75) is 6.92 Å². The van der Waals surface area contributed by atoms with E-state index in [-0.39, 0.29) is 0 Å². The predicted molar refractivity (Wildman–Crippen MR) is 73.4 cm³/mol. The fourth-order valence-electron chi connectivity index (χ4n) is 1.68. The van der Waals surface area contributed by atoms with E-state index in [1.165, 1.54) is 19.4 Å². The summed E-state index contributed by atoms with van der Waals surface area (Å²) in [5.41, 5.74) is 1.44. The molecule has 1 aromatic heterocycles. The average molecular weight is 273 g/mol. The Balaban J connectivity index is 2.28. The Morgan fingerprint density at radius 3 is 2.60 bits per heavy atom. The van der Waals surface area contributed by atoms with Crippen molar-refractivity contribution in [1.29, 1.82) is 0 Å². The Morgan fingerprint density at radius 1 is 1.10 bits per heavy atom. The molecule has 0 radical (unpaired) electrons. The molecule has 0 aliphatic rings. The predicted octanol–water partition coefficient (Wildman–Crippen LogP) is 2.98. The molecule has 104 valence electrons. The molecule has 0 unspecified atom stereocenters. The first-order chi connectivity index (χ1) is 9.63. The molecule has 2 rings (SSSR count). The number of carbonyl (C=O) groups is 1. The summed E-state index contributed by atoms with van der Waals surface area (Å²) in [6.07, 6.45) is 1.49. The molecule has 0 spiro atoms. The van der Waals surface area contributed by atoms with Gasteiger partial charge in [-0.15, -0.1) is 0 Å². The van der Waals surface area contributed by atoms with Crippen LogP contribution in [0.1, 0.15) is 15.9 Å². The molecule has 0 aliphatic carbocycles. The third-order valence-corrected chi connectivity index (χ3v) is 2.69. The second-order valence-corrected chi connectivity index (χ2v) is 4.13. The lowest BCUT2D eigenvalue weighted by Crippen LogP contribution is -2.02. The maximum absolute atomic E-state index is 11.5. The van der Waals surface area contributed by atoms with Crippen LogP contribution in [0.2, 0.25) is 0 Å². The third-order valence-electron chi connectivity index (χ3n) is 2.69. The summed E-state index contributed by atoms with van der Waals surface area (Å²) < 4.78 is 15.6. The fourth-order valence-corrected chi connectivity index (χ4v) is 1.68. The van der Waals surface area contributed by atoms with E-state index < -0.39 is 5.97 Å². The van der Waals surface area contributed by atoms with E-state index in [2.05, 4.69) is 9.72 Å². The molecule has 0 atom stereocenters. The Kier molecular flexibility index (Phi) is 4.20. The summed E-state index contributed by atoms with van der Waals surface area (Å²) in [5.74, 6) is 1.01. The first kappa shape index (κ1) is 13.9. The van der Waals surface area contributed by atoms with Crippen molar-refractivity contribution in [1.82, 2.24) is 4.98 Å². The lowest BCUT2D eigenvalue weighted by Gasteiger charge is -2.10. The Morgan fingerprint density at radius 2 is 1.90 bits per heavy atom. The fraction of sp³-hybridized carbons (Fsp3) is 0.200. The minimum atomic E-state index is -0.437. The molecular weight excluding hydrogens is 258 g/mol. The van der Waals surface area contributed by atoms with Crippen molar-refractivity contribution in [3.8, 4) is 17.4 Å². The summed E-state index contributed by atoms with van der Waals surface area (Å²) in [6.45, 7) is 1.96. The number of hydrogen-bond acceptors (Lipinski definition) is 5. The molecule has 5 heteroatoms. The highest BCUT2D eigenvalue weighted by molar-refractivity contribution is 5.89. The molecule has 0 amide bonds. The maximum Gasteiger partial charge on any atom is 0.338 e. The molecule has 2 aromatic rings. The molecule has 5 nitrogen and oxygen atoms in total. The first-order valence-corrected chi connectivity index (χ1v) is 6.01. The number of esters is 1. The SMILES string of the molecule is COC(=O)c1ccnc(Oc2ccc(C)cc2OC)c1. The van der Waals surface area contributed by atoms with Gasteiger partial charge in [-0.1, -0.05) is 6.07 Å². The van der Waals surface area contributed by atoms with Crippen molar-refractivity contribution in [2.75, 3.05) is 14.2 Å². The van der Waals surface area contributed by atoms with Gasteiger partial charge < -0.3 is 14.2 Å². The van der Waals surface area contributed by atoms with Crippen LogP contribution < -0.4 is 9.47 Å². The molecule has 1 heterocycles. The number of methoxy groups -OCH3 is 2. The van der Waals surface area contributed by atoms with E-state index in [4.69, 9.17) is 9.47 Å². The number of nitrogens with zero attached hydrogens (tertiary/aromatic N) is 1.